The fourth-order valence-electron chi connectivity index (χ4n) is 0. The van der Waals surface area contributed by atoms with Crippen LogP contribution in [-0.2, 0) is 9.24 Å². The number of rotatable bonds is 1. The molecule has 0 unspecified atom stereocenters. The maximum absolute atomic E-state index is 9.00. The molecule has 0 radical (unpaired) electrons. The van der Waals surface area contributed by atoms with E-state index in [1.54, 1.807) is 0 Å². The molecule has 1 N–H and O–H groups in total. The zero-order valence-corrected chi connectivity index (χ0v) is 7.54. The minimum Gasteiger partial charge on any atom is -0.788 e. The Labute approximate surface area is 83.8 Å². The van der Waals surface area contributed by atoms with E-state index in [9.17, 15) is 0 Å². The average Bonchev–Trinajstić information content (AvgIpc) is 1.35. The number of phosphoric acid groups is 1. The van der Waals surface area contributed by atoms with Crippen molar-refractivity contribution in [1.29, 1.82) is 0 Å². The minimum atomic E-state index is -5.09. The van der Waals surface area contributed by atoms with E-state index in [0.717, 1.165) is 0 Å². The summed E-state index contributed by atoms with van der Waals surface area (Å²) in [7, 11) is -5.09. The topological polar surface area (TPSA) is 92.7 Å². The van der Waals surface area contributed by atoms with Crippen LogP contribution in [0.4, 0.5) is 0 Å². The maximum Gasteiger partial charge on any atom is 1.00 e. The van der Waals surface area contributed by atoms with Crippen LogP contribution in [0.3, 0.4) is 0 Å². The third-order valence-corrected chi connectivity index (χ3v) is 0.300. The van der Waals surface area contributed by atoms with Gasteiger partial charge in [-0.05, 0) is 0 Å². The third-order valence-electron chi connectivity index (χ3n) is 0.100. The van der Waals surface area contributed by atoms with Gasteiger partial charge >= 0.3 is 52.8 Å². The smallest absolute Gasteiger partial charge is 0.788 e. The first-order valence-electron chi connectivity index (χ1n) is 0.913. The van der Waals surface area contributed by atoms with Crippen molar-refractivity contribution >= 4 is 7.82 Å². The summed E-state index contributed by atoms with van der Waals surface area (Å²) in [6.45, 7) is 0. The van der Waals surface area contributed by atoms with Crippen LogP contribution in [0.15, 0.2) is 0 Å². The monoisotopic (exact) mass is 152 g/mol. The molecule has 7 heteroatoms. The molecule has 0 fully saturated rings. The van der Waals surface area contributed by atoms with Crippen LogP contribution in [0, 0.1) is 0 Å². The predicted octanol–water partition coefficient (Wildman–Crippen LogP) is -4.58. The van der Waals surface area contributed by atoms with E-state index >= 15 is 0 Å². The van der Waals surface area contributed by atoms with E-state index in [1.807, 2.05) is 0 Å². The molecule has 0 atom stereocenters. The van der Waals surface area contributed by atoms with Crippen molar-refractivity contribution in [2.24, 2.45) is 0 Å². The molecule has 38 valence electrons. The van der Waals surface area contributed by atoms with Gasteiger partial charge in [-0.15, -0.1) is 0 Å². The molecule has 5 nitrogen and oxygen atoms in total. The summed E-state index contributed by atoms with van der Waals surface area (Å²) < 4.78 is 11.4. The molecular formula is H2KO5P. The van der Waals surface area contributed by atoms with Gasteiger partial charge in [-0.1, -0.05) is 0 Å². The molecule has 7 heavy (non-hydrogen) atoms. The van der Waals surface area contributed by atoms with Crippen LogP contribution in [-0.4, -0.2) is 5.26 Å². The van der Waals surface area contributed by atoms with E-state index in [2.05, 4.69) is 4.67 Å². The summed E-state index contributed by atoms with van der Waals surface area (Å²) in [6, 6.07) is 0. The standard InChI is InChI=1S/K.H3O5P/c;1-5-6(2,3)4/h;1H,(H2,2,3,4)/q+1;/p-1. The van der Waals surface area contributed by atoms with Gasteiger partial charge in [-0.2, -0.15) is 0 Å². The van der Waals surface area contributed by atoms with E-state index in [0.29, 0.717) is 0 Å². The summed E-state index contributed by atoms with van der Waals surface area (Å²) in [5.74, 6) is 0. The van der Waals surface area contributed by atoms with Crippen molar-refractivity contribution < 1.29 is 77.1 Å². The Morgan fingerprint density at radius 1 is 1.71 bits per heavy atom. The Bertz CT molecular complexity index is 76.5. The second kappa shape index (κ2) is 4.57. The molecule has 0 aromatic heterocycles. The molecule has 0 saturated carbocycles. The third kappa shape index (κ3) is 11.3. The van der Waals surface area contributed by atoms with Gasteiger partial charge in [0.15, 0.2) is 0 Å². The normalized spacial score (nSPS) is 10.1. The Hall–Kier alpha value is 1.71. The van der Waals surface area contributed by atoms with Crippen molar-refractivity contribution in [2.75, 3.05) is 0 Å². The summed E-state index contributed by atoms with van der Waals surface area (Å²) in [5, 5.41) is 7.01. The Morgan fingerprint density at radius 3 is 1.86 bits per heavy atom. The van der Waals surface area contributed by atoms with Crippen LogP contribution in [0.1, 0.15) is 1.43 Å². The zero-order valence-electron chi connectivity index (χ0n) is 4.53. The van der Waals surface area contributed by atoms with Crippen molar-refractivity contribution in [2.45, 2.75) is 0 Å². The molecule has 0 saturated heterocycles. The van der Waals surface area contributed by atoms with Gasteiger partial charge in [0.25, 0.3) is 0 Å². The SMILES string of the molecule is O=P([O-])([O-])OO.[H+].[K+]. The Morgan fingerprint density at radius 2 is 1.86 bits per heavy atom. The molecule has 0 aromatic carbocycles. The van der Waals surface area contributed by atoms with Gasteiger partial charge in [-0.3, -0.25) is 0 Å². The van der Waals surface area contributed by atoms with Crippen LogP contribution in [0.5, 0.6) is 0 Å². The summed E-state index contributed by atoms with van der Waals surface area (Å²) >= 11 is 0. The Balaban J connectivity index is -0.000000125. The van der Waals surface area contributed by atoms with Crippen molar-refractivity contribution in [3.05, 3.63) is 0 Å². The van der Waals surface area contributed by atoms with Crippen molar-refractivity contribution in [3.8, 4) is 0 Å². The molecule has 0 rings (SSSR count). The summed E-state index contributed by atoms with van der Waals surface area (Å²) in [5.41, 5.74) is 0. The van der Waals surface area contributed by atoms with Gasteiger partial charge in [-0.25, -0.2) is 9.93 Å². The first-order valence-corrected chi connectivity index (χ1v) is 2.37. The van der Waals surface area contributed by atoms with Gasteiger partial charge < -0.3 is 14.4 Å². The molecule has 0 aromatic rings. The summed E-state index contributed by atoms with van der Waals surface area (Å²) in [4.78, 5) is 18.0. The molecule has 0 aliphatic carbocycles. The molecule has 0 aliphatic heterocycles. The van der Waals surface area contributed by atoms with Gasteiger partial charge in [0, 0.05) is 0 Å². The quantitative estimate of drug-likeness (QED) is 0.177. The van der Waals surface area contributed by atoms with E-state index < -0.39 is 7.82 Å². The predicted molar refractivity (Wildman–Crippen MR) is 12.4 cm³/mol. The zero-order chi connectivity index (χ0) is 5.21. The van der Waals surface area contributed by atoms with Crippen molar-refractivity contribution in [3.63, 3.8) is 0 Å². The summed E-state index contributed by atoms with van der Waals surface area (Å²) in [6.07, 6.45) is 0. The molecular weight excluding hydrogens is 150 g/mol. The first kappa shape index (κ1) is 11.5. The first-order chi connectivity index (χ1) is 2.56. The van der Waals surface area contributed by atoms with Crippen LogP contribution in [0.2, 0.25) is 0 Å². The fourth-order valence-corrected chi connectivity index (χ4v) is 0. The van der Waals surface area contributed by atoms with E-state index in [-0.39, 0.29) is 52.8 Å². The molecule has 0 amide bonds. The molecule has 0 aliphatic rings. The molecule has 0 bridgehead atoms. The molecule has 0 spiro atoms. The average molecular weight is 152 g/mol. The molecule has 0 heterocycles. The van der Waals surface area contributed by atoms with Crippen LogP contribution >= 0.6 is 7.82 Å². The van der Waals surface area contributed by atoms with Crippen LogP contribution < -0.4 is 61.2 Å². The minimum absolute atomic E-state index is 0. The maximum atomic E-state index is 9.00. The second-order valence-electron chi connectivity index (χ2n) is 0.529. The Kier molecular flexibility index (Phi) is 7.51. The fraction of sp³-hybridized carbons (Fsp3) is 0. The van der Waals surface area contributed by atoms with E-state index in [4.69, 9.17) is 19.6 Å². The largest absolute Gasteiger partial charge is 1.00 e. The van der Waals surface area contributed by atoms with Gasteiger partial charge in [0.1, 0.15) is 0 Å². The number of hydrogen-bond acceptors (Lipinski definition) is 5. The van der Waals surface area contributed by atoms with E-state index in [1.165, 1.54) is 0 Å². The van der Waals surface area contributed by atoms with Gasteiger partial charge in [0.2, 0.25) is 0 Å². The van der Waals surface area contributed by atoms with Crippen LogP contribution in [0.25, 0.3) is 0 Å². The van der Waals surface area contributed by atoms with Crippen molar-refractivity contribution in [1.82, 2.24) is 0 Å². The number of hydrogen-bond donors (Lipinski definition) is 1. The van der Waals surface area contributed by atoms with Gasteiger partial charge in [0.05, 0.1) is 7.82 Å². The second-order valence-corrected chi connectivity index (χ2v) is 1.59.